The van der Waals surface area contributed by atoms with Gasteiger partial charge in [-0.05, 0) is 42.7 Å². The number of amides is 1. The Morgan fingerprint density at radius 3 is 2.41 bits per heavy atom. The molecule has 1 unspecified atom stereocenters. The van der Waals surface area contributed by atoms with Crippen molar-refractivity contribution in [2.45, 2.75) is 70.3 Å². The molecule has 0 bridgehead atoms. The first kappa shape index (κ1) is 24.4. The molecule has 1 saturated heterocycles. The summed E-state index contributed by atoms with van der Waals surface area (Å²) in [4.78, 5) is 25.6. The molecular weight excluding hydrogens is 454 g/mol. The van der Waals surface area contributed by atoms with Crippen molar-refractivity contribution in [1.82, 2.24) is 9.78 Å². The van der Waals surface area contributed by atoms with Crippen LogP contribution in [-0.2, 0) is 35.0 Å². The molecule has 9 heteroatoms. The fourth-order valence-electron chi connectivity index (χ4n) is 4.74. The fraction of sp³-hybridized carbons (Fsp3) is 0.560. The maximum Gasteiger partial charge on any atom is 0.317 e. The van der Waals surface area contributed by atoms with Crippen molar-refractivity contribution in [3.05, 3.63) is 47.2 Å². The molecule has 1 aliphatic carbocycles. The van der Waals surface area contributed by atoms with Gasteiger partial charge in [-0.1, -0.05) is 51.5 Å². The summed E-state index contributed by atoms with van der Waals surface area (Å²) in [5.74, 6) is -0.336. The number of rotatable bonds is 6. The lowest BCUT2D eigenvalue weighted by Gasteiger charge is -2.39. The molecule has 1 aromatic heterocycles. The number of sulfone groups is 1. The van der Waals surface area contributed by atoms with Crippen molar-refractivity contribution < 1.29 is 22.7 Å². The van der Waals surface area contributed by atoms with Crippen LogP contribution < -0.4 is 5.32 Å². The number of carbonyl (C=O) groups is 2. The number of esters is 1. The van der Waals surface area contributed by atoms with Crippen molar-refractivity contribution in [2.75, 3.05) is 23.4 Å². The molecule has 8 nitrogen and oxygen atoms in total. The van der Waals surface area contributed by atoms with Gasteiger partial charge in [-0.25, -0.2) is 13.1 Å². The van der Waals surface area contributed by atoms with Crippen LogP contribution in [0.4, 0.5) is 5.82 Å². The lowest BCUT2D eigenvalue weighted by molar-refractivity contribution is -0.156. The van der Waals surface area contributed by atoms with Crippen LogP contribution >= 0.6 is 0 Å². The summed E-state index contributed by atoms with van der Waals surface area (Å²) in [6.45, 7) is 7.81. The summed E-state index contributed by atoms with van der Waals surface area (Å²) in [5, 5.41) is 7.09. The van der Waals surface area contributed by atoms with Crippen LogP contribution in [0, 0.1) is 6.92 Å². The first-order chi connectivity index (χ1) is 15.9. The normalized spacial score (nSPS) is 21.0. The van der Waals surface area contributed by atoms with E-state index in [1.54, 1.807) is 17.7 Å². The summed E-state index contributed by atoms with van der Waals surface area (Å²) >= 11 is 0. The molecule has 1 aromatic carbocycles. The van der Waals surface area contributed by atoms with Crippen LogP contribution in [0.2, 0.25) is 0 Å². The number of aryl methyl sites for hydroxylation is 1. The van der Waals surface area contributed by atoms with Gasteiger partial charge in [0.05, 0.1) is 28.7 Å². The number of benzene rings is 1. The third-order valence-electron chi connectivity index (χ3n) is 6.92. The average molecular weight is 488 g/mol. The monoisotopic (exact) mass is 487 g/mol. The number of nitrogens with zero attached hydrogens (tertiary/aromatic N) is 2. The SMILES string of the molecule is Cc1cc(NC(=O)COC(=O)C2(c3ccc(C(C)(C)C)cc3)CCC2)n(C2CCS(=O)(=O)C2)n1. The Labute approximate surface area is 201 Å². The van der Waals surface area contributed by atoms with E-state index in [0.717, 1.165) is 12.0 Å². The van der Waals surface area contributed by atoms with E-state index in [1.807, 2.05) is 12.1 Å². The predicted molar refractivity (Wildman–Crippen MR) is 130 cm³/mol. The highest BCUT2D eigenvalue weighted by Gasteiger charge is 2.47. The molecule has 1 atom stereocenters. The molecule has 1 saturated carbocycles. The van der Waals surface area contributed by atoms with Gasteiger partial charge in [0, 0.05) is 6.07 Å². The van der Waals surface area contributed by atoms with Crippen LogP contribution in [0.3, 0.4) is 0 Å². The summed E-state index contributed by atoms with van der Waals surface area (Å²) < 4.78 is 30.7. The minimum atomic E-state index is -3.09. The van der Waals surface area contributed by atoms with E-state index < -0.39 is 27.8 Å². The lowest BCUT2D eigenvalue weighted by atomic mass is 9.64. The molecule has 2 heterocycles. The van der Waals surface area contributed by atoms with Crippen LogP contribution in [-0.4, -0.2) is 48.2 Å². The molecule has 1 N–H and O–H groups in total. The van der Waals surface area contributed by atoms with E-state index in [-0.39, 0.29) is 28.9 Å². The number of hydrogen-bond donors (Lipinski definition) is 1. The third kappa shape index (κ3) is 4.89. The van der Waals surface area contributed by atoms with Crippen LogP contribution in [0.5, 0.6) is 0 Å². The molecule has 4 rings (SSSR count). The van der Waals surface area contributed by atoms with Crippen molar-refractivity contribution in [1.29, 1.82) is 0 Å². The van der Waals surface area contributed by atoms with Gasteiger partial charge in [0.15, 0.2) is 16.4 Å². The summed E-state index contributed by atoms with van der Waals surface area (Å²) in [6.07, 6.45) is 2.79. The van der Waals surface area contributed by atoms with Gasteiger partial charge in [-0.2, -0.15) is 5.10 Å². The minimum absolute atomic E-state index is 0.00248. The standard InChI is InChI=1S/C25H33N3O5S/c1-17-14-21(28(27-17)20-10-13-34(31,32)16-20)26-22(29)15-33-23(30)25(11-5-12-25)19-8-6-18(7-9-19)24(2,3)4/h6-9,14,20H,5,10-13,15-16H2,1-4H3,(H,26,29). The second kappa shape index (κ2) is 8.83. The van der Waals surface area contributed by atoms with Crippen LogP contribution in [0.25, 0.3) is 0 Å². The first-order valence-electron chi connectivity index (χ1n) is 11.7. The van der Waals surface area contributed by atoms with Gasteiger partial charge >= 0.3 is 5.97 Å². The second-order valence-corrected chi connectivity index (χ2v) is 12.8. The number of carbonyl (C=O) groups excluding carboxylic acids is 2. The molecular formula is C25H33N3O5S. The average Bonchev–Trinajstić information content (AvgIpc) is 3.26. The zero-order valence-electron chi connectivity index (χ0n) is 20.3. The summed E-state index contributed by atoms with van der Waals surface area (Å²) in [6, 6.07) is 9.49. The Hall–Kier alpha value is -2.68. The van der Waals surface area contributed by atoms with E-state index in [0.29, 0.717) is 30.8 Å². The van der Waals surface area contributed by atoms with Crippen LogP contribution in [0.15, 0.2) is 30.3 Å². The molecule has 2 aliphatic rings. The fourth-order valence-corrected chi connectivity index (χ4v) is 6.43. The van der Waals surface area contributed by atoms with Crippen molar-refractivity contribution in [2.24, 2.45) is 0 Å². The topological polar surface area (TPSA) is 107 Å². The number of nitrogens with one attached hydrogen (secondary N) is 1. The molecule has 2 fully saturated rings. The van der Waals surface area contributed by atoms with Crippen molar-refractivity contribution >= 4 is 27.5 Å². The van der Waals surface area contributed by atoms with Crippen molar-refractivity contribution in [3.63, 3.8) is 0 Å². The maximum absolute atomic E-state index is 13.1. The number of aromatic nitrogens is 2. The van der Waals surface area contributed by atoms with Crippen LogP contribution in [0.1, 0.15) is 69.3 Å². The van der Waals surface area contributed by atoms with E-state index in [9.17, 15) is 18.0 Å². The number of anilines is 1. The minimum Gasteiger partial charge on any atom is -0.455 e. The second-order valence-electron chi connectivity index (χ2n) is 10.6. The Morgan fingerprint density at radius 1 is 1.21 bits per heavy atom. The first-order valence-corrected chi connectivity index (χ1v) is 13.6. The Kier molecular flexibility index (Phi) is 6.35. The zero-order chi connectivity index (χ0) is 24.7. The summed E-state index contributed by atoms with van der Waals surface area (Å²) in [7, 11) is -3.09. The molecule has 0 spiro atoms. The molecule has 2 aromatic rings. The van der Waals surface area contributed by atoms with Gasteiger partial charge in [-0.15, -0.1) is 0 Å². The van der Waals surface area contributed by atoms with Gasteiger partial charge < -0.3 is 10.1 Å². The molecule has 184 valence electrons. The zero-order valence-corrected chi connectivity index (χ0v) is 21.1. The van der Waals surface area contributed by atoms with Crippen molar-refractivity contribution in [3.8, 4) is 0 Å². The third-order valence-corrected chi connectivity index (χ3v) is 8.67. The van der Waals surface area contributed by atoms with Gasteiger partial charge in [0.25, 0.3) is 5.91 Å². The van der Waals surface area contributed by atoms with E-state index in [4.69, 9.17) is 4.74 Å². The predicted octanol–water partition coefficient (Wildman–Crippen LogP) is 3.45. The lowest BCUT2D eigenvalue weighted by Crippen LogP contribution is -2.44. The smallest absolute Gasteiger partial charge is 0.317 e. The van der Waals surface area contributed by atoms with Gasteiger partial charge in [0.2, 0.25) is 0 Å². The molecule has 1 amide bonds. The van der Waals surface area contributed by atoms with Gasteiger partial charge in [-0.3, -0.25) is 9.59 Å². The Bertz CT molecular complexity index is 1190. The molecule has 0 radical (unpaired) electrons. The highest BCUT2D eigenvalue weighted by molar-refractivity contribution is 7.91. The number of hydrogen-bond acceptors (Lipinski definition) is 6. The molecule has 1 aliphatic heterocycles. The van der Waals surface area contributed by atoms with E-state index in [1.165, 1.54) is 5.56 Å². The highest BCUT2D eigenvalue weighted by Crippen LogP contribution is 2.45. The Balaban J connectivity index is 1.40. The quantitative estimate of drug-likeness (QED) is 0.626. The highest BCUT2D eigenvalue weighted by atomic mass is 32.2. The van der Waals surface area contributed by atoms with Gasteiger partial charge in [0.1, 0.15) is 5.82 Å². The largest absolute Gasteiger partial charge is 0.455 e. The Morgan fingerprint density at radius 2 is 1.88 bits per heavy atom. The number of ether oxygens (including phenoxy) is 1. The van der Waals surface area contributed by atoms with E-state index in [2.05, 4.69) is 43.3 Å². The molecule has 34 heavy (non-hydrogen) atoms. The maximum atomic E-state index is 13.1. The van der Waals surface area contributed by atoms with E-state index >= 15 is 0 Å². The summed E-state index contributed by atoms with van der Waals surface area (Å²) in [5.41, 5.74) is 2.11.